The Morgan fingerprint density at radius 1 is 1.35 bits per heavy atom. The SMILES string of the molecule is CCN(CC(=O)N(C)C)c1cccc(OC(C)C)c1N. The smallest absolute Gasteiger partial charge is 0.241 e. The number of nitrogens with two attached hydrogens (primary N) is 1. The van der Waals surface area contributed by atoms with Crippen molar-refractivity contribution >= 4 is 17.3 Å². The number of likely N-dealkylation sites (N-methyl/N-ethyl adjacent to an activating group) is 2. The fourth-order valence-electron chi connectivity index (χ4n) is 1.84. The van der Waals surface area contributed by atoms with E-state index in [4.69, 9.17) is 10.5 Å². The second kappa shape index (κ2) is 7.03. The molecule has 0 saturated heterocycles. The first kappa shape index (κ1) is 16.1. The molecule has 0 atom stereocenters. The van der Waals surface area contributed by atoms with Gasteiger partial charge in [-0.25, -0.2) is 0 Å². The molecule has 0 unspecified atom stereocenters. The van der Waals surface area contributed by atoms with E-state index in [0.717, 1.165) is 5.69 Å². The summed E-state index contributed by atoms with van der Waals surface area (Å²) in [4.78, 5) is 15.4. The summed E-state index contributed by atoms with van der Waals surface area (Å²) in [7, 11) is 3.50. The van der Waals surface area contributed by atoms with Gasteiger partial charge < -0.3 is 20.3 Å². The Morgan fingerprint density at radius 2 is 2.00 bits per heavy atom. The van der Waals surface area contributed by atoms with Gasteiger partial charge in [0.15, 0.2) is 0 Å². The normalized spacial score (nSPS) is 10.5. The van der Waals surface area contributed by atoms with Gasteiger partial charge in [-0.1, -0.05) is 6.07 Å². The summed E-state index contributed by atoms with van der Waals surface area (Å²) in [5, 5.41) is 0. The Labute approximate surface area is 121 Å². The summed E-state index contributed by atoms with van der Waals surface area (Å²) in [5.74, 6) is 0.703. The van der Waals surface area contributed by atoms with Crippen LogP contribution in [0.1, 0.15) is 20.8 Å². The first-order chi connectivity index (χ1) is 9.36. The third-order valence-electron chi connectivity index (χ3n) is 2.95. The number of amides is 1. The molecule has 0 aliphatic heterocycles. The Hall–Kier alpha value is -1.91. The van der Waals surface area contributed by atoms with E-state index >= 15 is 0 Å². The van der Waals surface area contributed by atoms with Crippen LogP contribution >= 0.6 is 0 Å². The molecule has 2 N–H and O–H groups in total. The summed E-state index contributed by atoms with van der Waals surface area (Å²) >= 11 is 0. The number of carbonyl (C=O) groups excluding carboxylic acids is 1. The van der Waals surface area contributed by atoms with E-state index < -0.39 is 0 Å². The molecule has 0 fully saturated rings. The summed E-state index contributed by atoms with van der Waals surface area (Å²) in [6, 6.07) is 5.65. The van der Waals surface area contributed by atoms with Gasteiger partial charge in [0.2, 0.25) is 5.91 Å². The largest absolute Gasteiger partial charge is 0.489 e. The van der Waals surface area contributed by atoms with Crippen LogP contribution in [0.25, 0.3) is 0 Å². The van der Waals surface area contributed by atoms with Crippen LogP contribution in [0.3, 0.4) is 0 Å². The highest BCUT2D eigenvalue weighted by Gasteiger charge is 2.16. The maximum absolute atomic E-state index is 11.9. The van der Waals surface area contributed by atoms with Gasteiger partial charge in [-0.3, -0.25) is 4.79 Å². The average molecular weight is 279 g/mol. The van der Waals surface area contributed by atoms with Gasteiger partial charge in [0.05, 0.1) is 24.0 Å². The zero-order valence-corrected chi connectivity index (χ0v) is 13.0. The number of carbonyl (C=O) groups is 1. The molecule has 0 aromatic heterocycles. The topological polar surface area (TPSA) is 58.8 Å². The molecule has 5 heteroatoms. The number of nitrogen functional groups attached to an aromatic ring is 1. The monoisotopic (exact) mass is 279 g/mol. The quantitative estimate of drug-likeness (QED) is 0.809. The van der Waals surface area contributed by atoms with E-state index in [2.05, 4.69) is 0 Å². The second-order valence-electron chi connectivity index (χ2n) is 5.16. The second-order valence-corrected chi connectivity index (χ2v) is 5.16. The average Bonchev–Trinajstić information content (AvgIpc) is 2.38. The molecule has 0 radical (unpaired) electrons. The zero-order chi connectivity index (χ0) is 15.3. The number of para-hydroxylation sites is 1. The van der Waals surface area contributed by atoms with E-state index in [1.807, 2.05) is 43.9 Å². The lowest BCUT2D eigenvalue weighted by atomic mass is 10.2. The lowest BCUT2D eigenvalue weighted by molar-refractivity contribution is -0.127. The highest BCUT2D eigenvalue weighted by molar-refractivity contribution is 5.84. The van der Waals surface area contributed by atoms with Crippen molar-refractivity contribution in [3.8, 4) is 5.75 Å². The minimum absolute atomic E-state index is 0.0430. The van der Waals surface area contributed by atoms with Crippen molar-refractivity contribution in [1.82, 2.24) is 4.90 Å². The van der Waals surface area contributed by atoms with Gasteiger partial charge in [0.1, 0.15) is 5.75 Å². The van der Waals surface area contributed by atoms with Crippen LogP contribution in [0.5, 0.6) is 5.75 Å². The molecule has 1 aromatic carbocycles. The van der Waals surface area contributed by atoms with E-state index in [0.29, 0.717) is 24.5 Å². The zero-order valence-electron chi connectivity index (χ0n) is 13.0. The predicted octanol–water partition coefficient (Wildman–Crippen LogP) is 1.97. The molecular weight excluding hydrogens is 254 g/mol. The van der Waals surface area contributed by atoms with Crippen LogP contribution in [0.15, 0.2) is 18.2 Å². The predicted molar refractivity (Wildman–Crippen MR) is 83.2 cm³/mol. The van der Waals surface area contributed by atoms with Crippen molar-refractivity contribution in [1.29, 1.82) is 0 Å². The number of ether oxygens (including phenoxy) is 1. The van der Waals surface area contributed by atoms with Crippen LogP contribution in [-0.4, -0.2) is 44.1 Å². The third kappa shape index (κ3) is 4.05. The molecule has 1 aromatic rings. The van der Waals surface area contributed by atoms with Crippen LogP contribution in [0.4, 0.5) is 11.4 Å². The summed E-state index contributed by atoms with van der Waals surface area (Å²) in [6.07, 6.45) is 0.0611. The Balaban J connectivity index is 3.00. The summed E-state index contributed by atoms with van der Waals surface area (Å²) < 4.78 is 5.69. The maximum Gasteiger partial charge on any atom is 0.241 e. The highest BCUT2D eigenvalue weighted by atomic mass is 16.5. The van der Waals surface area contributed by atoms with Crippen LogP contribution in [0.2, 0.25) is 0 Å². The molecule has 20 heavy (non-hydrogen) atoms. The molecule has 0 aliphatic carbocycles. The maximum atomic E-state index is 11.9. The fraction of sp³-hybridized carbons (Fsp3) is 0.533. The highest BCUT2D eigenvalue weighted by Crippen LogP contribution is 2.32. The molecule has 112 valence electrons. The first-order valence-corrected chi connectivity index (χ1v) is 6.87. The lowest BCUT2D eigenvalue weighted by Gasteiger charge is -2.26. The summed E-state index contributed by atoms with van der Waals surface area (Å²) in [5.41, 5.74) is 7.58. The third-order valence-corrected chi connectivity index (χ3v) is 2.95. The summed E-state index contributed by atoms with van der Waals surface area (Å²) in [6.45, 7) is 6.92. The number of anilines is 2. The van der Waals surface area contributed by atoms with Gasteiger partial charge in [-0.15, -0.1) is 0 Å². The number of nitrogens with zero attached hydrogens (tertiary/aromatic N) is 2. The van der Waals surface area contributed by atoms with Gasteiger partial charge in [-0.05, 0) is 32.9 Å². The minimum Gasteiger partial charge on any atom is -0.489 e. The molecule has 5 nitrogen and oxygen atoms in total. The van der Waals surface area contributed by atoms with Gasteiger partial charge in [-0.2, -0.15) is 0 Å². The van der Waals surface area contributed by atoms with Crippen molar-refractivity contribution in [3.05, 3.63) is 18.2 Å². The van der Waals surface area contributed by atoms with E-state index in [1.54, 1.807) is 19.0 Å². The van der Waals surface area contributed by atoms with E-state index in [-0.39, 0.29) is 12.0 Å². The van der Waals surface area contributed by atoms with Gasteiger partial charge in [0, 0.05) is 20.6 Å². The van der Waals surface area contributed by atoms with E-state index in [9.17, 15) is 4.79 Å². The molecule has 0 spiro atoms. The van der Waals surface area contributed by atoms with Crippen LogP contribution < -0.4 is 15.4 Å². The standard InChI is InChI=1S/C15H25N3O2/c1-6-18(10-14(19)17(4)5)12-8-7-9-13(15(12)16)20-11(2)3/h7-9,11H,6,10,16H2,1-5H3. The first-order valence-electron chi connectivity index (χ1n) is 6.87. The number of hydrogen-bond donors (Lipinski definition) is 1. The van der Waals surface area contributed by atoms with Crippen LogP contribution in [-0.2, 0) is 4.79 Å². The fourth-order valence-corrected chi connectivity index (χ4v) is 1.84. The molecule has 0 heterocycles. The van der Waals surface area contributed by atoms with Crippen molar-refractivity contribution in [2.24, 2.45) is 0 Å². The van der Waals surface area contributed by atoms with E-state index in [1.165, 1.54) is 0 Å². The van der Waals surface area contributed by atoms with Crippen molar-refractivity contribution < 1.29 is 9.53 Å². The molecular formula is C15H25N3O2. The number of hydrogen-bond acceptors (Lipinski definition) is 4. The molecule has 1 rings (SSSR count). The van der Waals surface area contributed by atoms with Crippen molar-refractivity contribution in [3.63, 3.8) is 0 Å². The molecule has 0 saturated carbocycles. The number of rotatable bonds is 6. The minimum atomic E-state index is 0.0430. The van der Waals surface area contributed by atoms with Gasteiger partial charge >= 0.3 is 0 Å². The number of benzene rings is 1. The van der Waals surface area contributed by atoms with Crippen molar-refractivity contribution in [2.45, 2.75) is 26.9 Å². The Bertz CT molecular complexity index is 458. The lowest BCUT2D eigenvalue weighted by Crippen LogP contribution is -2.37. The van der Waals surface area contributed by atoms with Crippen molar-refractivity contribution in [2.75, 3.05) is 37.8 Å². The van der Waals surface area contributed by atoms with Crippen LogP contribution in [0, 0.1) is 0 Å². The molecule has 1 amide bonds. The molecule has 0 bridgehead atoms. The Kier molecular flexibility index (Phi) is 5.67. The van der Waals surface area contributed by atoms with Gasteiger partial charge in [0.25, 0.3) is 0 Å². The Morgan fingerprint density at radius 3 is 2.50 bits per heavy atom. The molecule has 0 aliphatic rings.